The number of likely N-dealkylation sites (N-methyl/N-ethyl adjacent to an activating group) is 2. The monoisotopic (exact) mass is 228 g/mol. The molecule has 2 heteroatoms. The van der Waals surface area contributed by atoms with Crippen molar-refractivity contribution >= 4 is 0 Å². The highest BCUT2D eigenvalue weighted by Crippen LogP contribution is 2.21. The van der Waals surface area contributed by atoms with Crippen molar-refractivity contribution in [2.24, 2.45) is 11.3 Å². The molecule has 16 heavy (non-hydrogen) atoms. The largest absolute Gasteiger partial charge is 0.315 e. The van der Waals surface area contributed by atoms with Crippen LogP contribution in [-0.2, 0) is 0 Å². The molecule has 2 nitrogen and oxygen atoms in total. The highest BCUT2D eigenvalue weighted by Gasteiger charge is 2.25. The van der Waals surface area contributed by atoms with E-state index >= 15 is 0 Å². The molecule has 2 atom stereocenters. The van der Waals surface area contributed by atoms with E-state index in [4.69, 9.17) is 0 Å². The minimum Gasteiger partial charge on any atom is -0.315 e. The summed E-state index contributed by atoms with van der Waals surface area (Å²) in [6.45, 7) is 14.9. The molecule has 0 aromatic rings. The molecule has 0 aliphatic carbocycles. The van der Waals surface area contributed by atoms with E-state index in [1.54, 1.807) is 0 Å². The van der Waals surface area contributed by atoms with Gasteiger partial charge in [0.05, 0.1) is 0 Å². The van der Waals surface area contributed by atoms with E-state index in [0.29, 0.717) is 17.5 Å². The van der Waals surface area contributed by atoms with Crippen molar-refractivity contribution in [3.8, 4) is 0 Å². The standard InChI is InChI=1S/C14H32N2/c1-11(2)9-12(3)16(8)10-13(15-7)14(4,5)6/h11-13,15H,9-10H2,1-8H3. The molecule has 0 saturated carbocycles. The lowest BCUT2D eigenvalue weighted by molar-refractivity contribution is 0.159. The summed E-state index contributed by atoms with van der Waals surface area (Å²) in [7, 11) is 4.31. The van der Waals surface area contributed by atoms with Crippen LogP contribution >= 0.6 is 0 Å². The Morgan fingerprint density at radius 1 is 1.12 bits per heavy atom. The summed E-state index contributed by atoms with van der Waals surface area (Å²) in [5.74, 6) is 0.778. The first-order valence-electron chi connectivity index (χ1n) is 6.56. The molecular weight excluding hydrogens is 196 g/mol. The second-order valence-electron chi connectivity index (χ2n) is 6.63. The molecule has 0 spiro atoms. The third kappa shape index (κ3) is 5.86. The predicted molar refractivity (Wildman–Crippen MR) is 73.8 cm³/mol. The molecule has 0 radical (unpaired) electrons. The Balaban J connectivity index is 4.25. The molecule has 0 bridgehead atoms. The molecule has 0 rings (SSSR count). The highest BCUT2D eigenvalue weighted by molar-refractivity contribution is 4.83. The van der Waals surface area contributed by atoms with Crippen molar-refractivity contribution in [3.63, 3.8) is 0 Å². The first kappa shape index (κ1) is 15.9. The smallest absolute Gasteiger partial charge is 0.0240 e. The molecule has 0 amide bonds. The van der Waals surface area contributed by atoms with Crippen molar-refractivity contribution in [1.82, 2.24) is 10.2 Å². The molecule has 1 N–H and O–H groups in total. The first-order chi connectivity index (χ1) is 7.18. The Bertz CT molecular complexity index is 182. The summed E-state index contributed by atoms with van der Waals surface area (Å²) >= 11 is 0. The average Bonchev–Trinajstić information content (AvgIpc) is 2.10. The Kier molecular flexibility index (Phi) is 6.57. The van der Waals surface area contributed by atoms with Crippen LogP contribution in [0.2, 0.25) is 0 Å². The predicted octanol–water partition coefficient (Wildman–Crippen LogP) is 2.99. The molecule has 0 aromatic heterocycles. The summed E-state index contributed by atoms with van der Waals surface area (Å²) in [6.07, 6.45) is 1.27. The number of rotatable bonds is 6. The van der Waals surface area contributed by atoms with Crippen LogP contribution in [0.4, 0.5) is 0 Å². The van der Waals surface area contributed by atoms with E-state index in [1.807, 2.05) is 0 Å². The van der Waals surface area contributed by atoms with Crippen LogP contribution in [0.3, 0.4) is 0 Å². The van der Waals surface area contributed by atoms with Crippen LogP contribution in [0.1, 0.15) is 48.0 Å². The number of nitrogens with zero attached hydrogens (tertiary/aromatic N) is 1. The van der Waals surface area contributed by atoms with E-state index < -0.39 is 0 Å². The van der Waals surface area contributed by atoms with Crippen LogP contribution in [-0.4, -0.2) is 37.6 Å². The lowest BCUT2D eigenvalue weighted by Gasteiger charge is -2.36. The van der Waals surface area contributed by atoms with Crippen LogP contribution in [0.15, 0.2) is 0 Å². The number of hydrogen-bond acceptors (Lipinski definition) is 2. The first-order valence-corrected chi connectivity index (χ1v) is 6.56. The normalized spacial score (nSPS) is 16.9. The van der Waals surface area contributed by atoms with Crippen molar-refractivity contribution in [3.05, 3.63) is 0 Å². The maximum absolute atomic E-state index is 3.44. The summed E-state index contributed by atoms with van der Waals surface area (Å²) in [4.78, 5) is 2.48. The van der Waals surface area contributed by atoms with Gasteiger partial charge in [0, 0.05) is 18.6 Å². The van der Waals surface area contributed by atoms with Gasteiger partial charge in [-0.25, -0.2) is 0 Å². The molecule has 0 heterocycles. The fraction of sp³-hybridized carbons (Fsp3) is 1.00. The molecule has 2 unspecified atom stereocenters. The van der Waals surface area contributed by atoms with Crippen LogP contribution in [0.5, 0.6) is 0 Å². The number of nitrogens with one attached hydrogen (secondary N) is 1. The van der Waals surface area contributed by atoms with E-state index in [1.165, 1.54) is 6.42 Å². The molecule has 0 saturated heterocycles. The van der Waals surface area contributed by atoms with Crippen LogP contribution in [0.25, 0.3) is 0 Å². The van der Waals surface area contributed by atoms with Gasteiger partial charge in [-0.3, -0.25) is 0 Å². The molecule has 98 valence electrons. The van der Waals surface area contributed by atoms with Crippen LogP contribution in [0, 0.1) is 11.3 Å². The second-order valence-corrected chi connectivity index (χ2v) is 6.63. The Morgan fingerprint density at radius 3 is 1.94 bits per heavy atom. The van der Waals surface area contributed by atoms with Crippen molar-refractivity contribution in [2.45, 2.75) is 60.0 Å². The molecule has 0 aliphatic rings. The van der Waals surface area contributed by atoms with E-state index in [0.717, 1.165) is 12.5 Å². The topological polar surface area (TPSA) is 15.3 Å². The summed E-state index contributed by atoms with van der Waals surface area (Å²) in [6, 6.07) is 1.21. The Hall–Kier alpha value is -0.0800. The quantitative estimate of drug-likeness (QED) is 0.752. The Morgan fingerprint density at radius 2 is 1.62 bits per heavy atom. The zero-order valence-corrected chi connectivity index (χ0v) is 12.6. The van der Waals surface area contributed by atoms with Gasteiger partial charge in [0.1, 0.15) is 0 Å². The fourth-order valence-corrected chi connectivity index (χ4v) is 2.13. The van der Waals surface area contributed by atoms with E-state index in [2.05, 4.69) is 65.9 Å². The average molecular weight is 228 g/mol. The zero-order chi connectivity index (χ0) is 12.9. The summed E-state index contributed by atoms with van der Waals surface area (Å²) in [5, 5.41) is 3.44. The third-order valence-corrected chi connectivity index (χ3v) is 3.43. The van der Waals surface area contributed by atoms with Crippen molar-refractivity contribution in [2.75, 3.05) is 20.6 Å². The van der Waals surface area contributed by atoms with Gasteiger partial charge in [0.15, 0.2) is 0 Å². The summed E-state index contributed by atoms with van der Waals surface area (Å²) < 4.78 is 0. The maximum atomic E-state index is 3.44. The minimum atomic E-state index is 0.320. The zero-order valence-electron chi connectivity index (χ0n) is 12.6. The highest BCUT2D eigenvalue weighted by atomic mass is 15.1. The van der Waals surface area contributed by atoms with Gasteiger partial charge in [-0.15, -0.1) is 0 Å². The van der Waals surface area contributed by atoms with Gasteiger partial charge < -0.3 is 10.2 Å². The van der Waals surface area contributed by atoms with E-state index in [9.17, 15) is 0 Å². The van der Waals surface area contributed by atoms with Gasteiger partial charge >= 0.3 is 0 Å². The van der Waals surface area contributed by atoms with E-state index in [-0.39, 0.29) is 0 Å². The minimum absolute atomic E-state index is 0.320. The van der Waals surface area contributed by atoms with Gasteiger partial charge in [-0.1, -0.05) is 34.6 Å². The van der Waals surface area contributed by atoms with Crippen LogP contribution < -0.4 is 5.32 Å². The lowest BCUT2D eigenvalue weighted by Crippen LogP contribution is -2.48. The Labute approximate surface area is 103 Å². The molecule has 0 aliphatic heterocycles. The van der Waals surface area contributed by atoms with Gasteiger partial charge in [-0.05, 0) is 38.8 Å². The second kappa shape index (κ2) is 6.61. The van der Waals surface area contributed by atoms with Gasteiger partial charge in [0.25, 0.3) is 0 Å². The molecule has 0 aromatic carbocycles. The molecular formula is C14H32N2. The van der Waals surface area contributed by atoms with Gasteiger partial charge in [-0.2, -0.15) is 0 Å². The fourth-order valence-electron chi connectivity index (χ4n) is 2.13. The summed E-state index contributed by atoms with van der Waals surface area (Å²) in [5.41, 5.74) is 0.320. The molecule has 0 fully saturated rings. The number of hydrogen-bond donors (Lipinski definition) is 1. The maximum Gasteiger partial charge on any atom is 0.0240 e. The SMILES string of the molecule is CNC(CN(C)C(C)CC(C)C)C(C)(C)C. The van der Waals surface area contributed by atoms with Crippen molar-refractivity contribution < 1.29 is 0 Å². The third-order valence-electron chi connectivity index (χ3n) is 3.43. The van der Waals surface area contributed by atoms with Crippen molar-refractivity contribution in [1.29, 1.82) is 0 Å². The lowest BCUT2D eigenvalue weighted by atomic mass is 9.86. The van der Waals surface area contributed by atoms with Gasteiger partial charge in [0.2, 0.25) is 0 Å².